The van der Waals surface area contributed by atoms with E-state index in [-0.39, 0.29) is 12.4 Å². The van der Waals surface area contributed by atoms with Crippen LogP contribution in [0, 0.1) is 5.82 Å². The van der Waals surface area contributed by atoms with E-state index in [2.05, 4.69) is 21.2 Å². The molecule has 1 heterocycles. The fourth-order valence-corrected chi connectivity index (χ4v) is 2.49. The van der Waals surface area contributed by atoms with Gasteiger partial charge in [0.05, 0.1) is 16.9 Å². The van der Waals surface area contributed by atoms with Crippen molar-refractivity contribution in [3.63, 3.8) is 0 Å². The molecule has 1 amide bonds. The van der Waals surface area contributed by atoms with Crippen LogP contribution in [-0.4, -0.2) is 12.7 Å². The molecular formula is C14H10BrFN2O3. The van der Waals surface area contributed by atoms with E-state index >= 15 is 0 Å². The molecule has 0 saturated carbocycles. The molecule has 5 nitrogen and oxygen atoms in total. The zero-order valence-electron chi connectivity index (χ0n) is 10.7. The van der Waals surface area contributed by atoms with Crippen molar-refractivity contribution in [1.29, 1.82) is 0 Å². The first-order valence-electron chi connectivity index (χ1n) is 6.01. The molecule has 3 N–H and O–H groups in total. The molecule has 2 aromatic carbocycles. The maximum Gasteiger partial charge on any atom is 0.259 e. The Morgan fingerprint density at radius 1 is 1.29 bits per heavy atom. The topological polar surface area (TPSA) is 73.6 Å². The van der Waals surface area contributed by atoms with Crippen LogP contribution in [0.15, 0.2) is 34.8 Å². The number of anilines is 2. The number of halogens is 2. The predicted molar refractivity (Wildman–Crippen MR) is 79.0 cm³/mol. The van der Waals surface area contributed by atoms with E-state index in [1.165, 1.54) is 12.1 Å². The number of nitrogens with one attached hydrogen (secondary N) is 1. The molecule has 0 unspecified atom stereocenters. The van der Waals surface area contributed by atoms with Crippen LogP contribution in [0.25, 0.3) is 0 Å². The number of amides is 1. The Labute approximate surface area is 128 Å². The minimum absolute atomic E-state index is 0.0884. The molecule has 0 aromatic heterocycles. The Hall–Kier alpha value is -2.28. The van der Waals surface area contributed by atoms with Crippen molar-refractivity contribution in [3.8, 4) is 11.5 Å². The van der Waals surface area contributed by atoms with Crippen LogP contribution in [0.4, 0.5) is 15.8 Å². The summed E-state index contributed by atoms with van der Waals surface area (Å²) in [5.41, 5.74) is 6.39. The largest absolute Gasteiger partial charge is 0.454 e. The third kappa shape index (κ3) is 2.52. The molecule has 0 bridgehead atoms. The molecular weight excluding hydrogens is 343 g/mol. The van der Waals surface area contributed by atoms with Crippen molar-refractivity contribution in [1.82, 2.24) is 0 Å². The first-order chi connectivity index (χ1) is 10.1. The predicted octanol–water partition coefficient (Wildman–Crippen LogP) is 3.15. The third-order valence-electron chi connectivity index (χ3n) is 2.98. The van der Waals surface area contributed by atoms with Crippen molar-refractivity contribution < 1.29 is 18.7 Å². The highest BCUT2D eigenvalue weighted by Gasteiger charge is 2.20. The average Bonchev–Trinajstić information content (AvgIpc) is 2.86. The molecule has 0 spiro atoms. The van der Waals surface area contributed by atoms with E-state index in [9.17, 15) is 9.18 Å². The second kappa shape index (κ2) is 5.25. The van der Waals surface area contributed by atoms with Gasteiger partial charge in [-0.15, -0.1) is 0 Å². The minimum Gasteiger partial charge on any atom is -0.454 e. The van der Waals surface area contributed by atoms with Gasteiger partial charge in [0, 0.05) is 16.6 Å². The molecule has 1 aliphatic rings. The minimum atomic E-state index is -0.624. The van der Waals surface area contributed by atoms with Gasteiger partial charge in [0.2, 0.25) is 6.79 Å². The molecule has 0 saturated heterocycles. The van der Waals surface area contributed by atoms with Crippen molar-refractivity contribution >= 4 is 33.2 Å². The summed E-state index contributed by atoms with van der Waals surface area (Å²) in [6.45, 7) is 0.102. The number of carbonyl (C=O) groups is 1. The van der Waals surface area contributed by atoms with E-state index in [0.717, 1.165) is 0 Å². The van der Waals surface area contributed by atoms with Gasteiger partial charge in [-0.2, -0.15) is 0 Å². The van der Waals surface area contributed by atoms with Gasteiger partial charge in [0.15, 0.2) is 11.5 Å². The van der Waals surface area contributed by atoms with Crippen molar-refractivity contribution in [3.05, 3.63) is 46.2 Å². The number of hydrogen-bond acceptors (Lipinski definition) is 4. The molecule has 3 rings (SSSR count). The zero-order chi connectivity index (χ0) is 15.0. The summed E-state index contributed by atoms with van der Waals surface area (Å²) in [4.78, 5) is 12.2. The van der Waals surface area contributed by atoms with Gasteiger partial charge < -0.3 is 20.5 Å². The summed E-state index contributed by atoms with van der Waals surface area (Å²) in [5, 5.41) is 2.57. The summed E-state index contributed by atoms with van der Waals surface area (Å²) in [6.07, 6.45) is 0. The first kappa shape index (κ1) is 13.7. The SMILES string of the molecule is Nc1cc2c(cc1NC(=O)c1c(F)cccc1Br)OCO2. The third-order valence-corrected chi connectivity index (χ3v) is 3.64. The van der Waals surface area contributed by atoms with Gasteiger partial charge >= 0.3 is 0 Å². The van der Waals surface area contributed by atoms with Crippen LogP contribution in [0.3, 0.4) is 0 Å². The van der Waals surface area contributed by atoms with E-state index in [1.54, 1.807) is 18.2 Å². The van der Waals surface area contributed by atoms with Gasteiger partial charge in [-0.25, -0.2) is 4.39 Å². The molecule has 0 radical (unpaired) electrons. The van der Waals surface area contributed by atoms with Gasteiger partial charge in [-0.3, -0.25) is 4.79 Å². The standard InChI is InChI=1S/C14H10BrFN2O3/c15-7-2-1-3-8(16)13(7)14(19)18-10-5-12-11(4-9(10)17)20-6-21-12/h1-5H,6,17H2,(H,18,19). The lowest BCUT2D eigenvalue weighted by atomic mass is 10.2. The number of carbonyl (C=O) groups excluding carboxylic acids is 1. The molecule has 1 aliphatic heterocycles. The zero-order valence-corrected chi connectivity index (χ0v) is 12.2. The van der Waals surface area contributed by atoms with Crippen LogP contribution < -0.4 is 20.5 Å². The lowest BCUT2D eigenvalue weighted by Gasteiger charge is -2.11. The normalized spacial score (nSPS) is 12.3. The fraction of sp³-hybridized carbons (Fsp3) is 0.0714. The van der Waals surface area contributed by atoms with E-state index in [1.807, 2.05) is 0 Å². The molecule has 0 fully saturated rings. The van der Waals surface area contributed by atoms with Crippen molar-refractivity contribution in [2.45, 2.75) is 0 Å². The number of fused-ring (bicyclic) bond motifs is 1. The number of rotatable bonds is 2. The summed E-state index contributed by atoms with van der Waals surface area (Å²) in [6, 6.07) is 7.40. The maximum absolute atomic E-state index is 13.8. The summed E-state index contributed by atoms with van der Waals surface area (Å²) in [7, 11) is 0. The molecule has 7 heteroatoms. The van der Waals surface area contributed by atoms with Crippen molar-refractivity contribution in [2.75, 3.05) is 17.8 Å². The van der Waals surface area contributed by atoms with E-state index in [4.69, 9.17) is 15.2 Å². The number of ether oxygens (including phenoxy) is 2. The Morgan fingerprint density at radius 2 is 2.00 bits per heavy atom. The summed E-state index contributed by atoms with van der Waals surface area (Å²) >= 11 is 3.15. The lowest BCUT2D eigenvalue weighted by Crippen LogP contribution is -2.15. The van der Waals surface area contributed by atoms with Crippen LogP contribution in [-0.2, 0) is 0 Å². The fourth-order valence-electron chi connectivity index (χ4n) is 1.97. The summed E-state index contributed by atoms with van der Waals surface area (Å²) < 4.78 is 24.5. The molecule has 2 aromatic rings. The van der Waals surface area contributed by atoms with Crippen LogP contribution >= 0.6 is 15.9 Å². The average molecular weight is 353 g/mol. The molecule has 0 atom stereocenters. The number of benzene rings is 2. The Morgan fingerprint density at radius 3 is 2.71 bits per heavy atom. The molecule has 108 valence electrons. The van der Waals surface area contributed by atoms with Gasteiger partial charge in [0.1, 0.15) is 5.82 Å². The Bertz CT molecular complexity index is 716. The quantitative estimate of drug-likeness (QED) is 0.814. The Kier molecular flexibility index (Phi) is 3.42. The Balaban J connectivity index is 1.92. The monoisotopic (exact) mass is 352 g/mol. The molecule has 21 heavy (non-hydrogen) atoms. The van der Waals surface area contributed by atoms with E-state index < -0.39 is 11.7 Å². The van der Waals surface area contributed by atoms with Crippen LogP contribution in [0.2, 0.25) is 0 Å². The highest BCUT2D eigenvalue weighted by Crippen LogP contribution is 2.38. The second-order valence-electron chi connectivity index (χ2n) is 4.34. The van der Waals surface area contributed by atoms with E-state index in [0.29, 0.717) is 27.3 Å². The van der Waals surface area contributed by atoms with Gasteiger partial charge in [0.25, 0.3) is 5.91 Å². The van der Waals surface area contributed by atoms with Gasteiger partial charge in [-0.05, 0) is 28.1 Å². The smallest absolute Gasteiger partial charge is 0.259 e. The first-order valence-corrected chi connectivity index (χ1v) is 6.80. The number of hydrogen-bond donors (Lipinski definition) is 2. The van der Waals surface area contributed by atoms with Crippen LogP contribution in [0.5, 0.6) is 11.5 Å². The second-order valence-corrected chi connectivity index (χ2v) is 5.20. The van der Waals surface area contributed by atoms with Gasteiger partial charge in [-0.1, -0.05) is 6.07 Å². The van der Waals surface area contributed by atoms with Crippen LogP contribution in [0.1, 0.15) is 10.4 Å². The number of nitrogen functional groups attached to an aromatic ring is 1. The molecule has 0 aliphatic carbocycles. The van der Waals surface area contributed by atoms with Crippen molar-refractivity contribution in [2.24, 2.45) is 0 Å². The summed E-state index contributed by atoms with van der Waals surface area (Å²) in [5.74, 6) is -0.239. The number of nitrogens with two attached hydrogens (primary N) is 1. The lowest BCUT2D eigenvalue weighted by molar-refractivity contribution is 0.102. The highest BCUT2D eigenvalue weighted by atomic mass is 79.9. The highest BCUT2D eigenvalue weighted by molar-refractivity contribution is 9.10. The maximum atomic E-state index is 13.8.